The predicted molar refractivity (Wildman–Crippen MR) is 97.3 cm³/mol. The standard InChI is InChI=1S/C18H23BrN2O4/c1-10(2)15(17(23)21-8-4-5-14(21)18(24)25)20-16(22)13-7-6-12(19)9-11(13)3/h6-7,9-10,14-15H,4-5,8H2,1-3H3,(H,20,22)(H,24,25)/t14-,15-/m0/s1. The number of carboxylic acids is 1. The number of hydrogen-bond acceptors (Lipinski definition) is 3. The number of nitrogens with zero attached hydrogens (tertiary/aromatic N) is 1. The third kappa shape index (κ3) is 4.39. The molecule has 136 valence electrons. The minimum atomic E-state index is -0.997. The lowest BCUT2D eigenvalue weighted by molar-refractivity contribution is -0.149. The largest absolute Gasteiger partial charge is 0.480 e. The van der Waals surface area contributed by atoms with Crippen LogP contribution >= 0.6 is 15.9 Å². The fraction of sp³-hybridized carbons (Fsp3) is 0.500. The maximum atomic E-state index is 12.8. The summed E-state index contributed by atoms with van der Waals surface area (Å²) < 4.78 is 0.874. The minimum Gasteiger partial charge on any atom is -0.480 e. The lowest BCUT2D eigenvalue weighted by atomic mass is 10.0. The van der Waals surface area contributed by atoms with E-state index in [-0.39, 0.29) is 17.7 Å². The number of aryl methyl sites for hydroxylation is 1. The zero-order valence-electron chi connectivity index (χ0n) is 14.6. The van der Waals surface area contributed by atoms with Gasteiger partial charge in [0, 0.05) is 16.6 Å². The summed E-state index contributed by atoms with van der Waals surface area (Å²) in [5, 5.41) is 12.1. The summed E-state index contributed by atoms with van der Waals surface area (Å²) in [6.45, 7) is 5.91. The zero-order valence-corrected chi connectivity index (χ0v) is 16.2. The second-order valence-corrected chi connectivity index (χ2v) is 7.60. The molecule has 1 heterocycles. The number of nitrogens with one attached hydrogen (secondary N) is 1. The molecule has 6 nitrogen and oxygen atoms in total. The smallest absolute Gasteiger partial charge is 0.326 e. The topological polar surface area (TPSA) is 86.7 Å². The molecule has 0 bridgehead atoms. The van der Waals surface area contributed by atoms with Crippen molar-refractivity contribution in [2.45, 2.75) is 45.7 Å². The van der Waals surface area contributed by atoms with E-state index in [9.17, 15) is 19.5 Å². The molecule has 1 saturated heterocycles. The van der Waals surface area contributed by atoms with Crippen molar-refractivity contribution in [1.82, 2.24) is 10.2 Å². The van der Waals surface area contributed by atoms with Gasteiger partial charge in [0.05, 0.1) is 0 Å². The van der Waals surface area contributed by atoms with Gasteiger partial charge in [-0.25, -0.2) is 4.79 Å². The predicted octanol–water partition coefficient (Wildman–Crippen LogP) is 2.59. The number of hydrogen-bond donors (Lipinski definition) is 2. The fourth-order valence-corrected chi connectivity index (χ4v) is 3.56. The molecule has 25 heavy (non-hydrogen) atoms. The van der Waals surface area contributed by atoms with Crippen molar-refractivity contribution in [3.8, 4) is 0 Å². The van der Waals surface area contributed by atoms with Crippen LogP contribution in [-0.4, -0.2) is 46.4 Å². The number of amides is 2. The number of rotatable bonds is 5. The normalized spacial score (nSPS) is 18.3. The summed E-state index contributed by atoms with van der Waals surface area (Å²) in [5.41, 5.74) is 1.30. The molecule has 1 aliphatic heterocycles. The average molecular weight is 411 g/mol. The summed E-state index contributed by atoms with van der Waals surface area (Å²) in [6.07, 6.45) is 1.11. The van der Waals surface area contributed by atoms with Gasteiger partial charge in [0.1, 0.15) is 12.1 Å². The minimum absolute atomic E-state index is 0.151. The van der Waals surface area contributed by atoms with Crippen LogP contribution in [0.15, 0.2) is 22.7 Å². The van der Waals surface area contributed by atoms with Gasteiger partial charge in [-0.3, -0.25) is 9.59 Å². The van der Waals surface area contributed by atoms with Crippen LogP contribution < -0.4 is 5.32 Å². The first-order chi connectivity index (χ1) is 11.7. The molecule has 2 rings (SSSR count). The zero-order chi connectivity index (χ0) is 18.7. The van der Waals surface area contributed by atoms with E-state index in [1.165, 1.54) is 4.90 Å². The van der Waals surface area contributed by atoms with Crippen LogP contribution in [-0.2, 0) is 9.59 Å². The van der Waals surface area contributed by atoms with E-state index in [1.807, 2.05) is 26.8 Å². The van der Waals surface area contributed by atoms with Gasteiger partial charge < -0.3 is 15.3 Å². The van der Waals surface area contributed by atoms with E-state index in [0.29, 0.717) is 24.9 Å². The second-order valence-electron chi connectivity index (χ2n) is 6.68. The van der Waals surface area contributed by atoms with Crippen LogP contribution in [0.5, 0.6) is 0 Å². The van der Waals surface area contributed by atoms with Crippen LogP contribution in [0, 0.1) is 12.8 Å². The number of carbonyl (C=O) groups excluding carboxylic acids is 2. The quantitative estimate of drug-likeness (QED) is 0.780. The summed E-state index contributed by atoms with van der Waals surface area (Å²) in [4.78, 5) is 38.2. The summed E-state index contributed by atoms with van der Waals surface area (Å²) in [7, 11) is 0. The Morgan fingerprint density at radius 1 is 1.32 bits per heavy atom. The van der Waals surface area contributed by atoms with E-state index < -0.39 is 18.1 Å². The van der Waals surface area contributed by atoms with Crippen LogP contribution in [0.25, 0.3) is 0 Å². The summed E-state index contributed by atoms with van der Waals surface area (Å²) >= 11 is 3.36. The van der Waals surface area contributed by atoms with Gasteiger partial charge >= 0.3 is 5.97 Å². The van der Waals surface area contributed by atoms with Gasteiger partial charge in [-0.05, 0) is 49.4 Å². The van der Waals surface area contributed by atoms with Gasteiger partial charge in [0.25, 0.3) is 5.91 Å². The maximum absolute atomic E-state index is 12.8. The first-order valence-corrected chi connectivity index (χ1v) is 9.12. The Kier molecular flexibility index (Phi) is 6.21. The maximum Gasteiger partial charge on any atom is 0.326 e. The number of likely N-dealkylation sites (tertiary alicyclic amines) is 1. The molecule has 7 heteroatoms. The van der Waals surface area contributed by atoms with Gasteiger partial charge in [0.15, 0.2) is 0 Å². The summed E-state index contributed by atoms with van der Waals surface area (Å²) in [6, 6.07) is 3.75. The molecule has 1 aromatic carbocycles. The molecule has 0 aliphatic carbocycles. The highest BCUT2D eigenvalue weighted by Gasteiger charge is 2.38. The molecule has 1 aromatic rings. The van der Waals surface area contributed by atoms with Crippen molar-refractivity contribution in [3.05, 3.63) is 33.8 Å². The fourth-order valence-electron chi connectivity index (χ4n) is 3.08. The highest BCUT2D eigenvalue weighted by atomic mass is 79.9. The molecule has 2 atom stereocenters. The molecule has 1 fully saturated rings. The molecular weight excluding hydrogens is 388 g/mol. The van der Waals surface area contributed by atoms with E-state index in [4.69, 9.17) is 0 Å². The van der Waals surface area contributed by atoms with Crippen molar-refractivity contribution in [2.75, 3.05) is 6.54 Å². The lowest BCUT2D eigenvalue weighted by Gasteiger charge is -2.29. The van der Waals surface area contributed by atoms with Crippen molar-refractivity contribution < 1.29 is 19.5 Å². The van der Waals surface area contributed by atoms with Crippen LogP contribution in [0.2, 0.25) is 0 Å². The second kappa shape index (κ2) is 7.99. The Morgan fingerprint density at radius 2 is 2.00 bits per heavy atom. The molecule has 0 radical (unpaired) electrons. The molecule has 0 saturated carbocycles. The first kappa shape index (κ1) is 19.4. The SMILES string of the molecule is Cc1cc(Br)ccc1C(=O)N[C@H](C(=O)N1CCC[C@H]1C(=O)O)C(C)C. The van der Waals surface area contributed by atoms with Crippen molar-refractivity contribution in [3.63, 3.8) is 0 Å². The van der Waals surface area contributed by atoms with Crippen LogP contribution in [0.4, 0.5) is 0 Å². The Hall–Kier alpha value is -1.89. The number of halogens is 1. The van der Waals surface area contributed by atoms with Gasteiger partial charge in [-0.2, -0.15) is 0 Å². The summed E-state index contributed by atoms with van der Waals surface area (Å²) in [5.74, 6) is -1.81. The number of carbonyl (C=O) groups is 3. The molecule has 0 spiro atoms. The number of carboxylic acid groups (broad SMARTS) is 1. The van der Waals surface area contributed by atoms with Crippen LogP contribution in [0.1, 0.15) is 42.6 Å². The Morgan fingerprint density at radius 3 is 2.56 bits per heavy atom. The van der Waals surface area contributed by atoms with Crippen molar-refractivity contribution in [2.24, 2.45) is 5.92 Å². The lowest BCUT2D eigenvalue weighted by Crippen LogP contribution is -2.53. The molecule has 0 aromatic heterocycles. The highest BCUT2D eigenvalue weighted by molar-refractivity contribution is 9.10. The Bertz CT molecular complexity index is 690. The molecular formula is C18H23BrN2O4. The van der Waals surface area contributed by atoms with Crippen molar-refractivity contribution in [1.29, 1.82) is 0 Å². The van der Waals surface area contributed by atoms with Gasteiger partial charge in [0.2, 0.25) is 5.91 Å². The van der Waals surface area contributed by atoms with E-state index in [2.05, 4.69) is 21.2 Å². The van der Waals surface area contributed by atoms with Crippen LogP contribution in [0.3, 0.4) is 0 Å². The van der Waals surface area contributed by atoms with Gasteiger partial charge in [-0.1, -0.05) is 29.8 Å². The third-order valence-electron chi connectivity index (χ3n) is 4.47. The van der Waals surface area contributed by atoms with E-state index >= 15 is 0 Å². The highest BCUT2D eigenvalue weighted by Crippen LogP contribution is 2.21. The van der Waals surface area contributed by atoms with E-state index in [0.717, 1.165) is 10.0 Å². The molecule has 1 aliphatic rings. The average Bonchev–Trinajstić information content (AvgIpc) is 3.01. The van der Waals surface area contributed by atoms with E-state index in [1.54, 1.807) is 12.1 Å². The number of aliphatic carboxylic acids is 1. The Labute approximate surface area is 155 Å². The van der Waals surface area contributed by atoms with Gasteiger partial charge in [-0.15, -0.1) is 0 Å². The first-order valence-electron chi connectivity index (χ1n) is 8.32. The Balaban J connectivity index is 2.19. The number of benzene rings is 1. The van der Waals surface area contributed by atoms with Crippen molar-refractivity contribution >= 4 is 33.7 Å². The third-order valence-corrected chi connectivity index (χ3v) is 4.97. The monoisotopic (exact) mass is 410 g/mol. The molecule has 2 amide bonds. The molecule has 0 unspecified atom stereocenters. The molecule has 2 N–H and O–H groups in total.